The number of benzene rings is 1. The zero-order valence-electron chi connectivity index (χ0n) is 9.37. The summed E-state index contributed by atoms with van der Waals surface area (Å²) >= 11 is 0. The highest BCUT2D eigenvalue weighted by Gasteiger charge is 2.18. The number of rotatable bonds is 3. The average molecular weight is 204 g/mol. The molecule has 1 aromatic carbocycles. The predicted octanol–water partition coefficient (Wildman–Crippen LogP) is 1.92. The molecule has 0 spiro atoms. The third-order valence-electron chi connectivity index (χ3n) is 2.13. The molecule has 15 heavy (non-hydrogen) atoms. The monoisotopic (exact) mass is 204 g/mol. The molecule has 0 saturated heterocycles. The summed E-state index contributed by atoms with van der Waals surface area (Å²) in [5, 5.41) is 8.74. The molecule has 0 aliphatic heterocycles. The second-order valence-corrected chi connectivity index (χ2v) is 4.09. The topological polar surface area (TPSA) is 59.0 Å². The lowest BCUT2D eigenvalue weighted by molar-refractivity contribution is 0.263. The van der Waals surface area contributed by atoms with Crippen LogP contribution in [-0.2, 0) is 0 Å². The summed E-state index contributed by atoms with van der Waals surface area (Å²) in [5.74, 6) is 0.793. The molecule has 80 valence electrons. The van der Waals surface area contributed by atoms with Crippen LogP contribution in [0.2, 0.25) is 0 Å². The van der Waals surface area contributed by atoms with Crippen molar-refractivity contribution in [2.75, 3.05) is 6.61 Å². The first-order chi connectivity index (χ1) is 6.94. The van der Waals surface area contributed by atoms with Gasteiger partial charge in [0.05, 0.1) is 6.07 Å². The summed E-state index contributed by atoms with van der Waals surface area (Å²) in [7, 11) is 0. The van der Waals surface area contributed by atoms with Gasteiger partial charge in [-0.15, -0.1) is 0 Å². The minimum atomic E-state index is -0.934. The van der Waals surface area contributed by atoms with Crippen molar-refractivity contribution < 1.29 is 4.74 Å². The van der Waals surface area contributed by atoms with E-state index in [1.54, 1.807) is 6.92 Å². The van der Waals surface area contributed by atoms with Crippen molar-refractivity contribution >= 4 is 0 Å². The molecule has 1 unspecified atom stereocenters. The van der Waals surface area contributed by atoms with Crippen molar-refractivity contribution in [2.45, 2.75) is 26.3 Å². The van der Waals surface area contributed by atoms with Crippen LogP contribution in [0.5, 0.6) is 5.75 Å². The Balaban J connectivity index is 2.74. The number of aryl methyl sites for hydroxylation is 2. The molecule has 0 heterocycles. The lowest BCUT2D eigenvalue weighted by Gasteiger charge is -2.17. The number of ether oxygens (including phenoxy) is 1. The Morgan fingerprint density at radius 3 is 2.73 bits per heavy atom. The fourth-order valence-corrected chi connectivity index (χ4v) is 1.12. The van der Waals surface area contributed by atoms with E-state index in [-0.39, 0.29) is 6.61 Å². The molecular weight excluding hydrogens is 188 g/mol. The quantitative estimate of drug-likeness (QED) is 0.818. The van der Waals surface area contributed by atoms with E-state index in [9.17, 15) is 0 Å². The SMILES string of the molecule is Cc1ccc(C)c(OCC(C)(N)C#N)c1. The molecule has 1 aromatic rings. The Bertz CT molecular complexity index is 391. The molecule has 2 N–H and O–H groups in total. The molecule has 0 amide bonds. The van der Waals surface area contributed by atoms with Gasteiger partial charge in [0.25, 0.3) is 0 Å². The Labute approximate surface area is 90.5 Å². The molecule has 1 atom stereocenters. The maximum atomic E-state index is 8.74. The van der Waals surface area contributed by atoms with Crippen molar-refractivity contribution in [1.29, 1.82) is 5.26 Å². The Morgan fingerprint density at radius 1 is 1.47 bits per heavy atom. The van der Waals surface area contributed by atoms with E-state index in [1.807, 2.05) is 38.1 Å². The van der Waals surface area contributed by atoms with Crippen molar-refractivity contribution in [1.82, 2.24) is 0 Å². The van der Waals surface area contributed by atoms with E-state index in [0.717, 1.165) is 16.9 Å². The van der Waals surface area contributed by atoms with Gasteiger partial charge in [0.2, 0.25) is 0 Å². The van der Waals surface area contributed by atoms with Gasteiger partial charge in [-0.3, -0.25) is 0 Å². The van der Waals surface area contributed by atoms with Gasteiger partial charge in [-0.1, -0.05) is 12.1 Å². The van der Waals surface area contributed by atoms with Gasteiger partial charge >= 0.3 is 0 Å². The molecule has 1 rings (SSSR count). The summed E-state index contributed by atoms with van der Waals surface area (Å²) in [5.41, 5.74) is 6.91. The number of nitrogens with zero attached hydrogens (tertiary/aromatic N) is 1. The third-order valence-corrected chi connectivity index (χ3v) is 2.13. The molecule has 3 nitrogen and oxygen atoms in total. The third kappa shape index (κ3) is 3.26. The van der Waals surface area contributed by atoms with Crippen LogP contribution in [-0.4, -0.2) is 12.1 Å². The normalized spacial score (nSPS) is 14.1. The van der Waals surface area contributed by atoms with Gasteiger partial charge in [0.15, 0.2) is 0 Å². The van der Waals surface area contributed by atoms with Gasteiger partial charge in [-0.25, -0.2) is 0 Å². The Morgan fingerprint density at radius 2 is 2.13 bits per heavy atom. The van der Waals surface area contributed by atoms with E-state index in [4.69, 9.17) is 15.7 Å². The molecule has 0 saturated carbocycles. The van der Waals surface area contributed by atoms with E-state index in [2.05, 4.69) is 0 Å². The molecule has 3 heteroatoms. The van der Waals surface area contributed by atoms with Gasteiger partial charge in [-0.2, -0.15) is 5.26 Å². The highest BCUT2D eigenvalue weighted by Crippen LogP contribution is 2.19. The number of hydrogen-bond donors (Lipinski definition) is 1. The molecule has 0 bridgehead atoms. The largest absolute Gasteiger partial charge is 0.490 e. The first kappa shape index (κ1) is 11.5. The zero-order valence-corrected chi connectivity index (χ0v) is 9.37. The van der Waals surface area contributed by atoms with E-state index in [1.165, 1.54) is 0 Å². The zero-order chi connectivity index (χ0) is 11.5. The van der Waals surface area contributed by atoms with Crippen LogP contribution in [0.1, 0.15) is 18.1 Å². The van der Waals surface area contributed by atoms with Crippen LogP contribution in [0.25, 0.3) is 0 Å². The molecular formula is C12H16N2O. The molecule has 0 aromatic heterocycles. The summed E-state index contributed by atoms with van der Waals surface area (Å²) in [6.45, 7) is 5.82. The van der Waals surface area contributed by atoms with Crippen molar-refractivity contribution in [2.24, 2.45) is 5.73 Å². The minimum Gasteiger partial charge on any atom is -0.490 e. The minimum absolute atomic E-state index is 0.202. The van der Waals surface area contributed by atoms with Gasteiger partial charge in [-0.05, 0) is 38.0 Å². The number of hydrogen-bond acceptors (Lipinski definition) is 3. The fraction of sp³-hybridized carbons (Fsp3) is 0.417. The highest BCUT2D eigenvalue weighted by molar-refractivity contribution is 5.36. The lowest BCUT2D eigenvalue weighted by atomic mass is 10.1. The highest BCUT2D eigenvalue weighted by atomic mass is 16.5. The lowest BCUT2D eigenvalue weighted by Crippen LogP contribution is -2.40. The van der Waals surface area contributed by atoms with Crippen molar-refractivity contribution in [3.8, 4) is 11.8 Å². The van der Waals surface area contributed by atoms with E-state index in [0.29, 0.717) is 0 Å². The molecule has 0 aliphatic carbocycles. The standard InChI is InChI=1S/C12H16N2O/c1-9-4-5-10(2)11(6-9)15-8-12(3,14)7-13/h4-6H,8,14H2,1-3H3. The summed E-state index contributed by atoms with van der Waals surface area (Å²) in [4.78, 5) is 0. The number of nitriles is 1. The summed E-state index contributed by atoms with van der Waals surface area (Å²) in [6, 6.07) is 7.96. The number of nitrogens with two attached hydrogens (primary N) is 1. The second-order valence-electron chi connectivity index (χ2n) is 4.09. The maximum absolute atomic E-state index is 8.74. The fourth-order valence-electron chi connectivity index (χ4n) is 1.12. The first-order valence-electron chi connectivity index (χ1n) is 4.85. The van der Waals surface area contributed by atoms with Crippen molar-refractivity contribution in [3.63, 3.8) is 0 Å². The van der Waals surface area contributed by atoms with Gasteiger partial charge < -0.3 is 10.5 Å². The van der Waals surface area contributed by atoms with Crippen LogP contribution in [0.15, 0.2) is 18.2 Å². The molecule has 0 aliphatic rings. The maximum Gasteiger partial charge on any atom is 0.135 e. The van der Waals surface area contributed by atoms with Crippen LogP contribution in [0.3, 0.4) is 0 Å². The van der Waals surface area contributed by atoms with Gasteiger partial charge in [0.1, 0.15) is 17.9 Å². The summed E-state index contributed by atoms with van der Waals surface area (Å²) < 4.78 is 5.53. The Kier molecular flexibility index (Phi) is 3.33. The van der Waals surface area contributed by atoms with Crippen LogP contribution < -0.4 is 10.5 Å². The molecule has 0 fully saturated rings. The Hall–Kier alpha value is -1.53. The van der Waals surface area contributed by atoms with Gasteiger partial charge in [0, 0.05) is 0 Å². The summed E-state index contributed by atoms with van der Waals surface area (Å²) in [6.07, 6.45) is 0. The van der Waals surface area contributed by atoms with Crippen LogP contribution >= 0.6 is 0 Å². The van der Waals surface area contributed by atoms with Crippen LogP contribution in [0, 0.1) is 25.2 Å². The molecule has 0 radical (unpaired) electrons. The second kappa shape index (κ2) is 4.33. The average Bonchev–Trinajstić information content (AvgIpc) is 2.20. The smallest absolute Gasteiger partial charge is 0.135 e. The van der Waals surface area contributed by atoms with Crippen LogP contribution in [0.4, 0.5) is 0 Å². The first-order valence-corrected chi connectivity index (χ1v) is 4.85. The van der Waals surface area contributed by atoms with E-state index < -0.39 is 5.54 Å². The van der Waals surface area contributed by atoms with Crippen molar-refractivity contribution in [3.05, 3.63) is 29.3 Å². The van der Waals surface area contributed by atoms with E-state index >= 15 is 0 Å². The predicted molar refractivity (Wildman–Crippen MR) is 59.6 cm³/mol.